The van der Waals surface area contributed by atoms with Crippen LogP contribution in [0.5, 0.6) is 0 Å². The topological polar surface area (TPSA) is 20.2 Å². The molecule has 1 aromatic rings. The van der Waals surface area contributed by atoms with Crippen LogP contribution in [0.4, 0.5) is 26.3 Å². The van der Waals surface area contributed by atoms with Crippen molar-refractivity contribution in [3.63, 3.8) is 0 Å². The van der Waals surface area contributed by atoms with Gasteiger partial charge in [-0.1, -0.05) is 24.3 Å². The maximum atomic E-state index is 13.0. The molecule has 0 bridgehead atoms. The van der Waals surface area contributed by atoms with Crippen molar-refractivity contribution in [3.8, 4) is 0 Å². The first-order chi connectivity index (χ1) is 10.6. The zero-order valence-corrected chi connectivity index (χ0v) is 11.9. The molecule has 0 aliphatic heterocycles. The van der Waals surface area contributed by atoms with Crippen molar-refractivity contribution in [1.82, 2.24) is 0 Å². The van der Waals surface area contributed by atoms with E-state index >= 15 is 0 Å². The number of halogens is 6. The van der Waals surface area contributed by atoms with Crippen molar-refractivity contribution < 1.29 is 31.4 Å². The first kappa shape index (κ1) is 17.6. The van der Waals surface area contributed by atoms with Gasteiger partial charge in [-0.25, -0.2) is 0 Å². The summed E-state index contributed by atoms with van der Waals surface area (Å²) < 4.78 is 77.8. The Labute approximate surface area is 128 Å². The molecular weight excluding hydrogens is 322 g/mol. The Morgan fingerprint density at radius 2 is 1.48 bits per heavy atom. The number of alkyl halides is 6. The summed E-state index contributed by atoms with van der Waals surface area (Å²) in [5, 5.41) is 9.20. The highest BCUT2D eigenvalue weighted by molar-refractivity contribution is 5.42. The van der Waals surface area contributed by atoms with Crippen molar-refractivity contribution in [1.29, 1.82) is 0 Å². The molecule has 0 heterocycles. The van der Waals surface area contributed by atoms with Gasteiger partial charge in [0.1, 0.15) is 0 Å². The molecule has 2 rings (SSSR count). The Hall–Kier alpha value is -1.76. The summed E-state index contributed by atoms with van der Waals surface area (Å²) in [6, 6.07) is 1.57. The molecule has 1 N–H and O–H groups in total. The molecule has 0 fully saturated rings. The Balaban J connectivity index is 2.65. The molecule has 1 unspecified atom stereocenters. The van der Waals surface area contributed by atoms with Gasteiger partial charge in [0.2, 0.25) is 0 Å². The van der Waals surface area contributed by atoms with E-state index in [0.29, 0.717) is 0 Å². The lowest BCUT2D eigenvalue weighted by atomic mass is 9.72. The molecule has 1 aliphatic rings. The quantitative estimate of drug-likeness (QED) is 0.782. The molecule has 0 radical (unpaired) electrons. The Morgan fingerprint density at radius 1 is 0.913 bits per heavy atom. The minimum Gasteiger partial charge on any atom is -0.396 e. The van der Waals surface area contributed by atoms with Gasteiger partial charge in [0, 0.05) is 12.0 Å². The maximum Gasteiger partial charge on any atom is 0.416 e. The monoisotopic (exact) mass is 336 g/mol. The minimum absolute atomic E-state index is 0.0342. The molecule has 1 aromatic carbocycles. The smallest absolute Gasteiger partial charge is 0.396 e. The Kier molecular flexibility index (Phi) is 4.61. The highest BCUT2D eigenvalue weighted by Crippen LogP contribution is 2.42. The van der Waals surface area contributed by atoms with E-state index in [1.807, 2.05) is 0 Å². The van der Waals surface area contributed by atoms with Gasteiger partial charge in [0.25, 0.3) is 0 Å². The average Bonchev–Trinajstić information content (AvgIpc) is 2.46. The summed E-state index contributed by atoms with van der Waals surface area (Å²) in [5.41, 5.74) is -3.87. The standard InChI is InChI=1S/C16H14F6O/c17-15(18,19)12-8-11(9-13(10-12)16(20,21)22)14(6-7-23)4-2-1-3-5-14/h1-4,8-10,23H,5-7H2. The fraction of sp³-hybridized carbons (Fsp3) is 0.375. The SMILES string of the molecule is OCCC1(c2cc(C(F)(F)F)cc(C(F)(F)F)c2)C=CC=CC1. The second kappa shape index (κ2) is 6.03. The van der Waals surface area contributed by atoms with Gasteiger partial charge in [0.05, 0.1) is 11.1 Å². The van der Waals surface area contributed by atoms with E-state index in [1.54, 1.807) is 24.3 Å². The summed E-state index contributed by atoms with van der Waals surface area (Å²) >= 11 is 0. The van der Waals surface area contributed by atoms with E-state index in [0.717, 1.165) is 12.1 Å². The zero-order valence-electron chi connectivity index (χ0n) is 11.9. The zero-order chi connectivity index (χ0) is 17.3. The molecule has 0 saturated heterocycles. The van der Waals surface area contributed by atoms with Crippen molar-refractivity contribution in [2.24, 2.45) is 0 Å². The molecule has 7 heteroatoms. The molecule has 0 aromatic heterocycles. The predicted molar refractivity (Wildman–Crippen MR) is 72.7 cm³/mol. The molecule has 0 amide bonds. The molecular formula is C16H14F6O. The number of hydrogen-bond donors (Lipinski definition) is 1. The van der Waals surface area contributed by atoms with Crippen LogP contribution in [-0.2, 0) is 17.8 Å². The van der Waals surface area contributed by atoms with Crippen LogP contribution in [0.1, 0.15) is 29.5 Å². The molecule has 0 saturated carbocycles. The third kappa shape index (κ3) is 3.77. The summed E-state index contributed by atoms with van der Waals surface area (Å²) in [6.07, 6.45) is -3.09. The molecule has 0 spiro atoms. The van der Waals surface area contributed by atoms with Gasteiger partial charge in [-0.2, -0.15) is 26.3 Å². The lowest BCUT2D eigenvalue weighted by Gasteiger charge is -2.32. The van der Waals surface area contributed by atoms with Crippen molar-refractivity contribution in [3.05, 3.63) is 59.2 Å². The van der Waals surface area contributed by atoms with E-state index < -0.39 is 28.9 Å². The van der Waals surface area contributed by atoms with Crippen LogP contribution in [0.15, 0.2) is 42.5 Å². The number of aliphatic hydroxyl groups excluding tert-OH is 1. The minimum atomic E-state index is -4.88. The average molecular weight is 336 g/mol. The number of rotatable bonds is 3. The summed E-state index contributed by atoms with van der Waals surface area (Å²) in [6.45, 7) is -0.351. The lowest BCUT2D eigenvalue weighted by molar-refractivity contribution is -0.143. The van der Waals surface area contributed by atoms with E-state index in [4.69, 9.17) is 0 Å². The molecule has 1 nitrogen and oxygen atoms in total. The van der Waals surface area contributed by atoms with Gasteiger partial charge < -0.3 is 5.11 Å². The second-order valence-corrected chi connectivity index (χ2v) is 5.42. The van der Waals surface area contributed by atoms with Crippen LogP contribution in [-0.4, -0.2) is 11.7 Å². The van der Waals surface area contributed by atoms with Gasteiger partial charge in [-0.05, 0) is 36.6 Å². The third-order valence-corrected chi connectivity index (χ3v) is 3.87. The van der Waals surface area contributed by atoms with Crippen molar-refractivity contribution >= 4 is 0 Å². The Morgan fingerprint density at radius 3 is 1.87 bits per heavy atom. The highest BCUT2D eigenvalue weighted by Gasteiger charge is 2.39. The molecule has 1 atom stereocenters. The van der Waals surface area contributed by atoms with E-state index in [9.17, 15) is 31.4 Å². The van der Waals surface area contributed by atoms with Gasteiger partial charge in [-0.15, -0.1) is 0 Å². The fourth-order valence-electron chi connectivity index (χ4n) is 2.65. The van der Waals surface area contributed by atoms with E-state index in [2.05, 4.69) is 0 Å². The van der Waals surface area contributed by atoms with E-state index in [-0.39, 0.29) is 31.1 Å². The molecule has 23 heavy (non-hydrogen) atoms. The number of aliphatic hydroxyl groups is 1. The Bertz CT molecular complexity index is 594. The summed E-state index contributed by atoms with van der Waals surface area (Å²) in [7, 11) is 0. The second-order valence-electron chi connectivity index (χ2n) is 5.42. The first-order valence-corrected chi connectivity index (χ1v) is 6.84. The predicted octanol–water partition coefficient (Wildman–Crippen LogP) is 4.86. The van der Waals surface area contributed by atoms with E-state index in [1.165, 1.54) is 0 Å². The number of benzene rings is 1. The lowest BCUT2D eigenvalue weighted by Crippen LogP contribution is -2.27. The normalized spacial score (nSPS) is 21.7. The van der Waals surface area contributed by atoms with Crippen LogP contribution < -0.4 is 0 Å². The van der Waals surface area contributed by atoms with Gasteiger partial charge in [0.15, 0.2) is 0 Å². The highest BCUT2D eigenvalue weighted by atomic mass is 19.4. The van der Waals surface area contributed by atoms with Crippen LogP contribution in [0.25, 0.3) is 0 Å². The summed E-state index contributed by atoms with van der Waals surface area (Å²) in [5.74, 6) is 0. The van der Waals surface area contributed by atoms with Crippen LogP contribution in [0.2, 0.25) is 0 Å². The third-order valence-electron chi connectivity index (χ3n) is 3.87. The van der Waals surface area contributed by atoms with Crippen molar-refractivity contribution in [2.45, 2.75) is 30.6 Å². The van der Waals surface area contributed by atoms with Crippen LogP contribution in [0.3, 0.4) is 0 Å². The number of allylic oxidation sites excluding steroid dienone is 4. The van der Waals surface area contributed by atoms with Crippen LogP contribution >= 0.6 is 0 Å². The van der Waals surface area contributed by atoms with Crippen molar-refractivity contribution in [2.75, 3.05) is 6.61 Å². The maximum absolute atomic E-state index is 13.0. The van der Waals surface area contributed by atoms with Gasteiger partial charge >= 0.3 is 12.4 Å². The number of hydrogen-bond acceptors (Lipinski definition) is 1. The van der Waals surface area contributed by atoms with Gasteiger partial charge in [-0.3, -0.25) is 0 Å². The fourth-order valence-corrected chi connectivity index (χ4v) is 2.65. The summed E-state index contributed by atoms with van der Waals surface area (Å²) in [4.78, 5) is 0. The molecule has 126 valence electrons. The molecule has 1 aliphatic carbocycles. The largest absolute Gasteiger partial charge is 0.416 e. The van der Waals surface area contributed by atoms with Crippen LogP contribution in [0, 0.1) is 0 Å². The first-order valence-electron chi connectivity index (χ1n) is 6.84.